The molecule has 0 bridgehead atoms. The fourth-order valence-corrected chi connectivity index (χ4v) is 2.44. The van der Waals surface area contributed by atoms with Gasteiger partial charge >= 0.3 is 5.97 Å². The molecule has 1 aliphatic heterocycles. The maximum Gasteiger partial charge on any atom is 0.305 e. The molecule has 0 aromatic heterocycles. The third-order valence-corrected chi connectivity index (χ3v) is 3.56. The van der Waals surface area contributed by atoms with E-state index in [2.05, 4.69) is 4.74 Å². The Hall–Kier alpha value is -2.04. The van der Waals surface area contributed by atoms with E-state index in [0.717, 1.165) is 5.69 Å². The summed E-state index contributed by atoms with van der Waals surface area (Å²) in [6.45, 7) is 0. The van der Waals surface area contributed by atoms with Crippen molar-refractivity contribution >= 4 is 17.6 Å². The number of anilines is 1. The van der Waals surface area contributed by atoms with Gasteiger partial charge in [-0.1, -0.05) is 12.1 Å². The van der Waals surface area contributed by atoms with Gasteiger partial charge in [-0.3, -0.25) is 9.59 Å². The molecule has 0 N–H and O–H groups in total. The monoisotopic (exact) mass is 262 g/mol. The summed E-state index contributed by atoms with van der Waals surface area (Å²) in [7, 11) is 5.07. The first kappa shape index (κ1) is 13.4. The highest BCUT2D eigenvalue weighted by molar-refractivity contribution is 6.01. The van der Waals surface area contributed by atoms with Crippen LogP contribution in [0.15, 0.2) is 24.3 Å². The molecule has 2 rings (SSSR count). The average Bonchev–Trinajstić information content (AvgIpc) is 2.44. The minimum absolute atomic E-state index is 0.0106. The van der Waals surface area contributed by atoms with Crippen molar-refractivity contribution in [3.8, 4) is 0 Å². The normalized spacial score (nSPS) is 18.3. The standard InChI is InChI=1S/C14H18N2O3/c1-15-11-7-5-4-6-10(11)14(18)16(2)12(15)8-9-13(17)19-3/h4-7,12H,8-9H2,1-3H3. The molecule has 5 nitrogen and oxygen atoms in total. The number of fused-ring (bicyclic) bond motifs is 1. The van der Waals surface area contributed by atoms with E-state index < -0.39 is 0 Å². The number of carbonyl (C=O) groups excluding carboxylic acids is 2. The quantitative estimate of drug-likeness (QED) is 0.774. The van der Waals surface area contributed by atoms with Crippen LogP contribution in [-0.2, 0) is 9.53 Å². The van der Waals surface area contributed by atoms with E-state index in [4.69, 9.17) is 0 Å². The van der Waals surface area contributed by atoms with Crippen molar-refractivity contribution in [1.82, 2.24) is 4.90 Å². The van der Waals surface area contributed by atoms with Crippen LogP contribution in [0.2, 0.25) is 0 Å². The van der Waals surface area contributed by atoms with Crippen LogP contribution in [0.4, 0.5) is 5.69 Å². The summed E-state index contributed by atoms with van der Waals surface area (Å²) in [5.74, 6) is -0.267. The molecule has 0 spiro atoms. The smallest absolute Gasteiger partial charge is 0.305 e. The molecule has 0 aliphatic carbocycles. The number of carbonyl (C=O) groups is 2. The highest BCUT2D eigenvalue weighted by Gasteiger charge is 2.33. The van der Waals surface area contributed by atoms with Crippen molar-refractivity contribution in [3.05, 3.63) is 29.8 Å². The van der Waals surface area contributed by atoms with Crippen molar-refractivity contribution in [2.45, 2.75) is 19.0 Å². The van der Waals surface area contributed by atoms with E-state index in [9.17, 15) is 9.59 Å². The molecular weight excluding hydrogens is 244 g/mol. The van der Waals surface area contributed by atoms with Gasteiger partial charge in [0, 0.05) is 20.5 Å². The second-order valence-electron chi connectivity index (χ2n) is 4.64. The molecule has 19 heavy (non-hydrogen) atoms. The van der Waals surface area contributed by atoms with Crippen LogP contribution in [-0.4, -0.2) is 44.1 Å². The Balaban J connectivity index is 2.23. The number of ether oxygens (including phenoxy) is 1. The Kier molecular flexibility index (Phi) is 3.74. The number of hydrogen-bond donors (Lipinski definition) is 0. The van der Waals surface area contributed by atoms with Gasteiger partial charge < -0.3 is 14.5 Å². The molecule has 0 fully saturated rings. The first-order valence-corrected chi connectivity index (χ1v) is 6.22. The van der Waals surface area contributed by atoms with Gasteiger partial charge in [0.2, 0.25) is 0 Å². The number of hydrogen-bond acceptors (Lipinski definition) is 4. The lowest BCUT2D eigenvalue weighted by Gasteiger charge is -2.42. The molecule has 0 radical (unpaired) electrons. The number of para-hydroxylation sites is 1. The number of benzene rings is 1. The summed E-state index contributed by atoms with van der Waals surface area (Å²) >= 11 is 0. The largest absolute Gasteiger partial charge is 0.469 e. The first-order chi connectivity index (χ1) is 9.06. The summed E-state index contributed by atoms with van der Waals surface area (Å²) in [6, 6.07) is 7.51. The third kappa shape index (κ3) is 2.41. The van der Waals surface area contributed by atoms with Crippen molar-refractivity contribution in [3.63, 3.8) is 0 Å². The molecular formula is C14H18N2O3. The zero-order chi connectivity index (χ0) is 14.0. The third-order valence-electron chi connectivity index (χ3n) is 3.56. The van der Waals surface area contributed by atoms with Gasteiger partial charge in [-0.05, 0) is 18.6 Å². The predicted molar refractivity (Wildman–Crippen MR) is 72.0 cm³/mol. The molecule has 1 heterocycles. The lowest BCUT2D eigenvalue weighted by molar-refractivity contribution is -0.141. The summed E-state index contributed by atoms with van der Waals surface area (Å²) < 4.78 is 4.65. The van der Waals surface area contributed by atoms with Gasteiger partial charge in [-0.15, -0.1) is 0 Å². The predicted octanol–water partition coefficient (Wildman–Crippen LogP) is 1.49. The van der Waals surface area contributed by atoms with Gasteiger partial charge in [0.1, 0.15) is 6.17 Å². The minimum Gasteiger partial charge on any atom is -0.469 e. The number of nitrogens with zero attached hydrogens (tertiary/aromatic N) is 2. The van der Waals surface area contributed by atoms with Crippen LogP contribution in [0.5, 0.6) is 0 Å². The topological polar surface area (TPSA) is 49.9 Å². The zero-order valence-corrected chi connectivity index (χ0v) is 11.4. The maximum atomic E-state index is 12.3. The summed E-state index contributed by atoms with van der Waals surface area (Å²) in [5.41, 5.74) is 1.60. The Labute approximate surface area is 112 Å². The summed E-state index contributed by atoms with van der Waals surface area (Å²) in [4.78, 5) is 27.2. The van der Waals surface area contributed by atoms with Crippen molar-refractivity contribution in [2.24, 2.45) is 0 Å². The molecule has 1 aromatic carbocycles. The van der Waals surface area contributed by atoms with Crippen molar-refractivity contribution in [2.75, 3.05) is 26.1 Å². The Bertz CT molecular complexity index is 501. The highest BCUT2D eigenvalue weighted by atomic mass is 16.5. The molecule has 5 heteroatoms. The van der Waals surface area contributed by atoms with E-state index in [-0.39, 0.29) is 18.0 Å². The van der Waals surface area contributed by atoms with E-state index in [1.54, 1.807) is 11.9 Å². The van der Waals surface area contributed by atoms with Gasteiger partial charge in [0.25, 0.3) is 5.91 Å². The van der Waals surface area contributed by atoms with Crippen LogP contribution < -0.4 is 4.90 Å². The molecule has 0 saturated heterocycles. The summed E-state index contributed by atoms with van der Waals surface area (Å²) in [6.07, 6.45) is 0.729. The van der Waals surface area contributed by atoms with E-state index >= 15 is 0 Å². The molecule has 1 amide bonds. The SMILES string of the molecule is COC(=O)CCC1N(C)C(=O)c2ccccc2N1C. The van der Waals surface area contributed by atoms with Crippen LogP contribution in [0.3, 0.4) is 0 Å². The molecule has 1 aromatic rings. The van der Waals surface area contributed by atoms with Crippen LogP contribution in [0.1, 0.15) is 23.2 Å². The molecule has 1 unspecified atom stereocenters. The average molecular weight is 262 g/mol. The number of amides is 1. The fraction of sp³-hybridized carbons (Fsp3) is 0.429. The van der Waals surface area contributed by atoms with Crippen molar-refractivity contribution < 1.29 is 14.3 Å². The Morgan fingerprint density at radius 3 is 2.63 bits per heavy atom. The van der Waals surface area contributed by atoms with Gasteiger partial charge in [-0.25, -0.2) is 0 Å². The van der Waals surface area contributed by atoms with Crippen LogP contribution >= 0.6 is 0 Å². The molecule has 1 atom stereocenters. The Morgan fingerprint density at radius 1 is 1.26 bits per heavy atom. The number of methoxy groups -OCH3 is 1. The molecule has 1 aliphatic rings. The molecule has 0 saturated carbocycles. The van der Waals surface area contributed by atoms with Gasteiger partial charge in [-0.2, -0.15) is 0 Å². The Morgan fingerprint density at radius 2 is 1.95 bits per heavy atom. The number of rotatable bonds is 3. The second kappa shape index (κ2) is 5.30. The first-order valence-electron chi connectivity index (χ1n) is 6.22. The van der Waals surface area contributed by atoms with E-state index in [1.165, 1.54) is 7.11 Å². The second-order valence-corrected chi connectivity index (χ2v) is 4.64. The van der Waals surface area contributed by atoms with Crippen LogP contribution in [0.25, 0.3) is 0 Å². The number of esters is 1. The maximum absolute atomic E-state index is 12.3. The zero-order valence-electron chi connectivity index (χ0n) is 11.4. The van der Waals surface area contributed by atoms with Crippen LogP contribution in [0, 0.1) is 0 Å². The van der Waals surface area contributed by atoms with E-state index in [1.807, 2.05) is 36.2 Å². The minimum atomic E-state index is -0.256. The highest BCUT2D eigenvalue weighted by Crippen LogP contribution is 2.30. The van der Waals surface area contributed by atoms with Gasteiger partial charge in [0.05, 0.1) is 18.4 Å². The molecule has 102 valence electrons. The van der Waals surface area contributed by atoms with E-state index in [0.29, 0.717) is 18.4 Å². The lowest BCUT2D eigenvalue weighted by Crippen LogP contribution is -2.52. The van der Waals surface area contributed by atoms with Crippen molar-refractivity contribution in [1.29, 1.82) is 0 Å². The fourth-order valence-electron chi connectivity index (χ4n) is 2.44. The van der Waals surface area contributed by atoms with Gasteiger partial charge in [0.15, 0.2) is 0 Å². The lowest BCUT2D eigenvalue weighted by atomic mass is 10.0. The summed E-state index contributed by atoms with van der Waals surface area (Å²) in [5, 5.41) is 0.